The van der Waals surface area contributed by atoms with Crippen LogP contribution >= 0.6 is 27.5 Å². The molecule has 0 fully saturated rings. The van der Waals surface area contributed by atoms with Crippen LogP contribution in [0.1, 0.15) is 44.4 Å². The highest BCUT2D eigenvalue weighted by Crippen LogP contribution is 2.46. The van der Waals surface area contributed by atoms with Crippen LogP contribution in [-0.4, -0.2) is 16.6 Å². The number of hydrogen-bond donors (Lipinski definition) is 0. The summed E-state index contributed by atoms with van der Waals surface area (Å²) in [7, 11) is 0. The summed E-state index contributed by atoms with van der Waals surface area (Å²) in [5.74, 6) is 0. The molecule has 0 saturated carbocycles. The molecule has 0 spiro atoms. The van der Waals surface area contributed by atoms with Crippen LogP contribution in [0.25, 0.3) is 0 Å². The fourth-order valence-corrected chi connectivity index (χ4v) is 4.29. The Hall–Kier alpha value is -2.12. The van der Waals surface area contributed by atoms with Gasteiger partial charge in [-0.15, -0.1) is 0 Å². The Balaban J connectivity index is 2.16. The van der Waals surface area contributed by atoms with Crippen molar-refractivity contribution in [1.82, 2.24) is 0 Å². The van der Waals surface area contributed by atoms with E-state index in [0.29, 0.717) is 28.0 Å². The van der Waals surface area contributed by atoms with Gasteiger partial charge in [-0.05, 0) is 66.7 Å². The molecule has 0 radical (unpaired) electrons. The second kappa shape index (κ2) is 7.72. The van der Waals surface area contributed by atoms with Gasteiger partial charge in [0.25, 0.3) is 5.69 Å². The molecule has 3 rings (SSSR count). The van der Waals surface area contributed by atoms with Crippen LogP contribution in [-0.2, 0) is 11.2 Å². The molecule has 1 heterocycles. The van der Waals surface area contributed by atoms with E-state index in [9.17, 15) is 14.9 Å². The zero-order valence-corrected chi connectivity index (χ0v) is 18.1. The number of ether oxygens (including phenoxy) is 1. The average Bonchev–Trinajstić information content (AvgIpc) is 2.59. The maximum atomic E-state index is 13.1. The monoisotopic (exact) mass is 466 g/mol. The van der Waals surface area contributed by atoms with Gasteiger partial charge in [0.15, 0.2) is 0 Å². The van der Waals surface area contributed by atoms with Gasteiger partial charge in [0.2, 0.25) is 0 Å². The number of benzene rings is 2. The van der Waals surface area contributed by atoms with Crippen LogP contribution < -0.4 is 4.90 Å². The van der Waals surface area contributed by atoms with Gasteiger partial charge < -0.3 is 4.74 Å². The van der Waals surface area contributed by atoms with E-state index in [0.717, 1.165) is 11.1 Å². The summed E-state index contributed by atoms with van der Waals surface area (Å²) in [5, 5.41) is 11.8. The van der Waals surface area contributed by atoms with Gasteiger partial charge in [-0.25, -0.2) is 4.79 Å². The largest absolute Gasteiger partial charge is 0.443 e. The first-order valence-corrected chi connectivity index (χ1v) is 9.99. The molecule has 1 aliphatic heterocycles. The minimum atomic E-state index is -0.688. The maximum absolute atomic E-state index is 13.1. The zero-order valence-electron chi connectivity index (χ0n) is 15.7. The predicted octanol–water partition coefficient (Wildman–Crippen LogP) is 6.44. The van der Waals surface area contributed by atoms with Gasteiger partial charge in [-0.3, -0.25) is 15.0 Å². The lowest BCUT2D eigenvalue weighted by Crippen LogP contribution is -2.42. The van der Waals surface area contributed by atoms with Crippen LogP contribution in [0.4, 0.5) is 16.2 Å². The third-order valence-electron chi connectivity index (χ3n) is 4.43. The first-order valence-electron chi connectivity index (χ1n) is 8.82. The second-order valence-corrected chi connectivity index (χ2v) is 8.88. The number of non-ortho nitro benzene ring substituents is 1. The van der Waals surface area contributed by atoms with Crippen molar-refractivity contribution in [1.29, 1.82) is 0 Å². The Morgan fingerprint density at radius 2 is 2.00 bits per heavy atom. The lowest BCUT2D eigenvalue weighted by molar-refractivity contribution is -0.385. The minimum absolute atomic E-state index is 0.0223. The maximum Gasteiger partial charge on any atom is 0.415 e. The molecule has 0 N–H and O–H groups in total. The van der Waals surface area contributed by atoms with E-state index in [1.54, 1.807) is 31.7 Å². The highest BCUT2D eigenvalue weighted by Gasteiger charge is 2.38. The highest BCUT2D eigenvalue weighted by molar-refractivity contribution is 9.10. The van der Waals surface area contributed by atoms with E-state index in [-0.39, 0.29) is 11.7 Å². The van der Waals surface area contributed by atoms with E-state index < -0.39 is 16.6 Å². The van der Waals surface area contributed by atoms with Crippen LogP contribution in [0.2, 0.25) is 5.02 Å². The van der Waals surface area contributed by atoms with E-state index in [2.05, 4.69) is 15.9 Å². The molecule has 8 heteroatoms. The minimum Gasteiger partial charge on any atom is -0.443 e. The number of amides is 1. The summed E-state index contributed by atoms with van der Waals surface area (Å²) in [6, 6.07) is 9.95. The first-order chi connectivity index (χ1) is 13.1. The van der Waals surface area contributed by atoms with E-state index in [1.807, 2.05) is 18.2 Å². The van der Waals surface area contributed by atoms with Gasteiger partial charge in [0.1, 0.15) is 5.60 Å². The summed E-state index contributed by atoms with van der Waals surface area (Å²) in [5.41, 5.74) is 1.40. The van der Waals surface area contributed by atoms with Crippen molar-refractivity contribution >= 4 is 45.0 Å². The molecule has 1 amide bonds. The molecule has 0 aromatic heterocycles. The molecule has 1 unspecified atom stereocenters. The van der Waals surface area contributed by atoms with Crippen molar-refractivity contribution < 1.29 is 14.5 Å². The van der Waals surface area contributed by atoms with Gasteiger partial charge in [0.05, 0.1) is 16.7 Å². The number of fused-ring (bicyclic) bond motifs is 1. The fourth-order valence-electron chi connectivity index (χ4n) is 3.35. The molecule has 28 heavy (non-hydrogen) atoms. The molecular formula is C20H20BrClN2O4. The molecule has 148 valence electrons. The number of nitro benzene ring substituents is 1. The fraction of sp³-hybridized carbons (Fsp3) is 0.350. The third-order valence-corrected chi connectivity index (χ3v) is 5.38. The summed E-state index contributed by atoms with van der Waals surface area (Å²) in [6.07, 6.45) is 0.627. The smallest absolute Gasteiger partial charge is 0.415 e. The Kier molecular flexibility index (Phi) is 5.68. The Morgan fingerprint density at radius 3 is 2.61 bits per heavy atom. The lowest BCUT2D eigenvalue weighted by Gasteiger charge is -2.39. The summed E-state index contributed by atoms with van der Waals surface area (Å²) in [4.78, 5) is 25.5. The summed E-state index contributed by atoms with van der Waals surface area (Å²) >= 11 is 9.84. The quantitative estimate of drug-likeness (QED) is 0.376. The molecule has 2 aromatic carbocycles. The molecule has 2 aromatic rings. The van der Waals surface area contributed by atoms with Gasteiger partial charge >= 0.3 is 6.09 Å². The molecule has 0 bridgehead atoms. The number of rotatable bonds is 2. The number of carbonyl (C=O) groups is 1. The topological polar surface area (TPSA) is 72.7 Å². The number of halogens is 2. The van der Waals surface area contributed by atoms with E-state index in [1.165, 1.54) is 12.1 Å². The standard InChI is InChI=1S/C20H20BrClN2O4/c1-20(2,3)28-19(25)23-17(14-6-4-5-7-16(14)22)9-8-12-10-13(24(26)27)11-15(21)18(12)23/h4-7,10-11,17H,8-9H2,1-3H3. The summed E-state index contributed by atoms with van der Waals surface area (Å²) < 4.78 is 6.12. The zero-order chi connectivity index (χ0) is 20.6. The van der Waals surface area contributed by atoms with Gasteiger partial charge in [-0.2, -0.15) is 0 Å². The Bertz CT molecular complexity index is 942. The van der Waals surface area contributed by atoms with E-state index in [4.69, 9.17) is 16.3 Å². The van der Waals surface area contributed by atoms with Crippen LogP contribution in [0.5, 0.6) is 0 Å². The second-order valence-electron chi connectivity index (χ2n) is 7.62. The Labute approximate surface area is 176 Å². The highest BCUT2D eigenvalue weighted by atomic mass is 79.9. The number of nitro groups is 1. The number of anilines is 1. The molecule has 1 atom stereocenters. The van der Waals surface area contributed by atoms with Crippen molar-refractivity contribution in [3.05, 3.63) is 67.1 Å². The van der Waals surface area contributed by atoms with Gasteiger partial charge in [-0.1, -0.05) is 29.8 Å². The first kappa shape index (κ1) is 20.6. The van der Waals surface area contributed by atoms with Gasteiger partial charge in [0, 0.05) is 21.6 Å². The van der Waals surface area contributed by atoms with Crippen molar-refractivity contribution in [2.24, 2.45) is 0 Å². The number of carbonyl (C=O) groups excluding carboxylic acids is 1. The molecule has 6 nitrogen and oxygen atoms in total. The number of hydrogen-bond acceptors (Lipinski definition) is 4. The number of aryl methyl sites for hydroxylation is 1. The third kappa shape index (κ3) is 4.15. The SMILES string of the molecule is CC(C)(C)OC(=O)N1c2c(Br)cc([N+](=O)[O-])cc2CCC1c1ccccc1Cl. The predicted molar refractivity (Wildman–Crippen MR) is 112 cm³/mol. The molecule has 0 aliphatic carbocycles. The molecule has 0 saturated heterocycles. The van der Waals surface area contributed by atoms with Crippen molar-refractivity contribution in [2.75, 3.05) is 4.90 Å². The average molecular weight is 468 g/mol. The molecular weight excluding hydrogens is 448 g/mol. The Morgan fingerprint density at radius 1 is 1.32 bits per heavy atom. The van der Waals surface area contributed by atoms with Crippen LogP contribution in [0, 0.1) is 10.1 Å². The van der Waals surface area contributed by atoms with E-state index >= 15 is 0 Å². The van der Waals surface area contributed by atoms with Crippen LogP contribution in [0.3, 0.4) is 0 Å². The molecule has 1 aliphatic rings. The van der Waals surface area contributed by atoms with Crippen molar-refractivity contribution in [3.63, 3.8) is 0 Å². The van der Waals surface area contributed by atoms with Crippen LogP contribution in [0.15, 0.2) is 40.9 Å². The number of nitrogens with zero attached hydrogens (tertiary/aromatic N) is 2. The van der Waals surface area contributed by atoms with Crippen molar-refractivity contribution in [3.8, 4) is 0 Å². The summed E-state index contributed by atoms with van der Waals surface area (Å²) in [6.45, 7) is 5.39. The normalized spacial score (nSPS) is 16.5. The lowest BCUT2D eigenvalue weighted by atomic mass is 9.91. The van der Waals surface area contributed by atoms with Crippen molar-refractivity contribution in [2.45, 2.75) is 45.3 Å².